The number of carbonyl (C=O) groups is 1. The van der Waals surface area contributed by atoms with Crippen LogP contribution in [0.2, 0.25) is 0 Å². The molecule has 3 aromatic carbocycles. The van der Waals surface area contributed by atoms with Crippen LogP contribution in [0, 0.1) is 11.6 Å². The molecule has 42 heavy (non-hydrogen) atoms. The molecule has 214 valence electrons. The number of halogens is 2. The summed E-state index contributed by atoms with van der Waals surface area (Å²) in [5.41, 5.74) is 10.9. The van der Waals surface area contributed by atoms with Gasteiger partial charge in [0.05, 0.1) is 24.2 Å². The highest BCUT2D eigenvalue weighted by Gasteiger charge is 2.33. The smallest absolute Gasteiger partial charge is 0.322 e. The molecule has 0 amide bonds. The van der Waals surface area contributed by atoms with Gasteiger partial charge in [-0.2, -0.15) is 8.42 Å². The Labute approximate surface area is 238 Å². The summed E-state index contributed by atoms with van der Waals surface area (Å²) < 4.78 is 62.3. The lowest BCUT2D eigenvalue weighted by Crippen LogP contribution is -2.32. The minimum atomic E-state index is -4.89. The van der Waals surface area contributed by atoms with E-state index in [9.17, 15) is 22.0 Å². The molecular weight excluding hydrogens is 568 g/mol. The van der Waals surface area contributed by atoms with Gasteiger partial charge in [0.15, 0.2) is 5.69 Å². The van der Waals surface area contributed by atoms with Gasteiger partial charge in [-0.15, -0.1) is 0 Å². The highest BCUT2D eigenvalue weighted by Crippen LogP contribution is 2.40. The Morgan fingerprint density at radius 2 is 1.88 bits per heavy atom. The second-order valence-electron chi connectivity index (χ2n) is 9.56. The van der Waals surface area contributed by atoms with Gasteiger partial charge < -0.3 is 19.9 Å². The Balaban J connectivity index is 1.47. The Hall–Kier alpha value is -5.04. The number of aromatic nitrogens is 3. The number of hydrogen-bond acceptors (Lipinski definition) is 8. The van der Waals surface area contributed by atoms with Crippen LogP contribution in [0.3, 0.4) is 0 Å². The van der Waals surface area contributed by atoms with Gasteiger partial charge in [-0.05, 0) is 59.9 Å². The molecule has 10 nitrogen and oxygen atoms in total. The van der Waals surface area contributed by atoms with Gasteiger partial charge in [0.25, 0.3) is 10.0 Å². The molecule has 5 aromatic rings. The Bertz CT molecular complexity index is 1960. The highest BCUT2D eigenvalue weighted by atomic mass is 32.2. The van der Waals surface area contributed by atoms with Crippen molar-refractivity contribution in [1.29, 1.82) is 0 Å². The fraction of sp³-hybridized carbons (Fsp3) is 0.138. The maximum atomic E-state index is 14.5. The number of aryl methyl sites for hydroxylation is 1. The first-order valence-electron chi connectivity index (χ1n) is 12.7. The molecule has 0 saturated carbocycles. The lowest BCUT2D eigenvalue weighted by molar-refractivity contribution is -0.128. The molecule has 0 spiro atoms. The lowest BCUT2D eigenvalue weighted by Gasteiger charge is -2.22. The van der Waals surface area contributed by atoms with Crippen molar-refractivity contribution in [2.45, 2.75) is 23.8 Å². The predicted octanol–water partition coefficient (Wildman–Crippen LogP) is 4.79. The number of fused-ring (bicyclic) bond motifs is 2. The highest BCUT2D eigenvalue weighted by molar-refractivity contribution is 7.92. The van der Waals surface area contributed by atoms with E-state index in [4.69, 9.17) is 15.3 Å². The van der Waals surface area contributed by atoms with Crippen molar-refractivity contribution in [1.82, 2.24) is 14.5 Å². The maximum absolute atomic E-state index is 14.5. The van der Waals surface area contributed by atoms with Crippen LogP contribution in [-0.4, -0.2) is 36.5 Å². The number of imidazole rings is 1. The number of ether oxygens (including phenoxy) is 1. The predicted molar refractivity (Wildman–Crippen MR) is 150 cm³/mol. The number of nitrogen functional groups attached to an aromatic ring is 1. The largest absolute Gasteiger partial charge is 0.479 e. The second kappa shape index (κ2) is 10.4. The van der Waals surface area contributed by atoms with Crippen LogP contribution in [0.25, 0.3) is 22.2 Å². The van der Waals surface area contributed by atoms with Gasteiger partial charge in [0.1, 0.15) is 16.5 Å². The summed E-state index contributed by atoms with van der Waals surface area (Å²) in [5.74, 6) is -2.23. The first-order valence-corrected chi connectivity index (χ1v) is 14.2. The Morgan fingerprint density at radius 3 is 2.64 bits per heavy atom. The molecule has 2 heterocycles. The van der Waals surface area contributed by atoms with E-state index in [1.165, 1.54) is 30.5 Å². The molecule has 1 atom stereocenters. The van der Waals surface area contributed by atoms with E-state index in [0.717, 1.165) is 30.5 Å². The molecule has 2 aromatic heterocycles. The summed E-state index contributed by atoms with van der Waals surface area (Å²) in [6, 6.07) is 16.8. The zero-order valence-electron chi connectivity index (χ0n) is 22.1. The molecule has 0 fully saturated rings. The number of hydrogen-bond donors (Lipinski definition) is 1. The zero-order chi connectivity index (χ0) is 29.6. The Kier molecular flexibility index (Phi) is 6.73. The molecule has 13 heteroatoms. The summed E-state index contributed by atoms with van der Waals surface area (Å²) in [6.45, 7) is -0.141. The van der Waals surface area contributed by atoms with Gasteiger partial charge in [0, 0.05) is 17.8 Å². The van der Waals surface area contributed by atoms with Gasteiger partial charge in [-0.1, -0.05) is 34.8 Å². The average molecular weight is 592 g/mol. The third kappa shape index (κ3) is 4.47. The van der Waals surface area contributed by atoms with E-state index in [2.05, 4.69) is 22.1 Å². The summed E-state index contributed by atoms with van der Waals surface area (Å²) >= 11 is 0. The molecule has 6 rings (SSSR count). The number of benzene rings is 3. The number of sulfonamides is 1. The Morgan fingerprint density at radius 1 is 1.07 bits per heavy atom. The number of nitrogens with two attached hydrogens (primary N) is 1. The number of carbonyl (C=O) groups excluding carboxylic acids is 1. The van der Waals surface area contributed by atoms with Gasteiger partial charge in [-0.25, -0.2) is 18.7 Å². The number of nitrogens with zero attached hydrogens (tertiary/aromatic N) is 4. The average Bonchev–Trinajstić information content (AvgIpc) is 3.54. The van der Waals surface area contributed by atoms with Crippen LogP contribution in [-0.2, 0) is 26.1 Å². The third-order valence-electron chi connectivity index (χ3n) is 7.21. The van der Waals surface area contributed by atoms with Crippen LogP contribution in [0.15, 0.2) is 77.8 Å². The first kappa shape index (κ1) is 27.1. The van der Waals surface area contributed by atoms with E-state index in [1.807, 2.05) is 22.8 Å². The van der Waals surface area contributed by atoms with Crippen molar-refractivity contribution in [3.63, 3.8) is 0 Å². The topological polar surface area (TPSA) is 130 Å². The molecule has 0 radical (unpaired) electrons. The maximum Gasteiger partial charge on any atom is 0.322 e. The quantitative estimate of drug-likeness (QED) is 0.202. The number of pyridine rings is 1. The van der Waals surface area contributed by atoms with Crippen molar-refractivity contribution in [2.75, 3.05) is 17.3 Å². The molecular formula is C29H23F2N5O5S. The SMILES string of the molecule is COc1ncc(-c2ccc3nc(N)n(C4CCc5ccccc54)c3c2)cc1N(OC=O)S(=O)(=O)c1ccc(F)cc1F. The summed E-state index contributed by atoms with van der Waals surface area (Å²) in [6.07, 6.45) is 3.20. The van der Waals surface area contributed by atoms with Crippen molar-refractivity contribution < 1.29 is 31.6 Å². The standard InChI is InChI=1S/C29H23F2N5O5S/c1-40-28-26(36(41-16-37)42(38,39)27-11-8-20(30)14-22(27)31)13-19(15-33-28)18-6-9-23-25(12-18)35(29(32)34-23)24-10-7-17-4-2-3-5-21(17)24/h2-6,8-9,11-16,24H,7,10H2,1H3,(H2,32,34). The van der Waals surface area contributed by atoms with Crippen molar-refractivity contribution in [2.24, 2.45) is 0 Å². The molecule has 0 saturated heterocycles. The van der Waals surface area contributed by atoms with E-state index >= 15 is 0 Å². The third-order valence-corrected chi connectivity index (χ3v) is 8.82. The summed E-state index contributed by atoms with van der Waals surface area (Å²) in [4.78, 5) is 24.0. The molecule has 1 aliphatic carbocycles. The van der Waals surface area contributed by atoms with Crippen molar-refractivity contribution in [3.8, 4) is 17.0 Å². The normalized spacial score (nSPS) is 14.5. The van der Waals surface area contributed by atoms with Crippen LogP contribution in [0.5, 0.6) is 5.88 Å². The second-order valence-corrected chi connectivity index (χ2v) is 11.3. The van der Waals surface area contributed by atoms with E-state index in [0.29, 0.717) is 28.7 Å². The van der Waals surface area contributed by atoms with Crippen molar-refractivity contribution >= 4 is 39.2 Å². The van der Waals surface area contributed by atoms with Crippen LogP contribution in [0.1, 0.15) is 23.6 Å². The molecule has 1 aliphatic rings. The zero-order valence-corrected chi connectivity index (χ0v) is 22.9. The molecule has 1 unspecified atom stereocenters. The fourth-order valence-electron chi connectivity index (χ4n) is 5.36. The molecule has 0 bridgehead atoms. The van der Waals surface area contributed by atoms with E-state index in [1.54, 1.807) is 12.1 Å². The van der Waals surface area contributed by atoms with Gasteiger partial charge in [0.2, 0.25) is 11.8 Å². The monoisotopic (exact) mass is 591 g/mol. The fourth-order valence-corrected chi connectivity index (χ4v) is 6.63. The van der Waals surface area contributed by atoms with Gasteiger partial charge in [-0.3, -0.25) is 4.79 Å². The summed E-state index contributed by atoms with van der Waals surface area (Å²) in [5, 5.41) is 0. The number of methoxy groups -OCH3 is 1. The molecule has 2 N–H and O–H groups in total. The van der Waals surface area contributed by atoms with E-state index in [-0.39, 0.29) is 28.5 Å². The number of rotatable bonds is 8. The van der Waals surface area contributed by atoms with Crippen LogP contribution in [0.4, 0.5) is 20.4 Å². The minimum Gasteiger partial charge on any atom is -0.479 e. The summed E-state index contributed by atoms with van der Waals surface area (Å²) in [7, 11) is -3.65. The molecule has 0 aliphatic heterocycles. The lowest BCUT2D eigenvalue weighted by atomic mass is 10.1. The van der Waals surface area contributed by atoms with Crippen molar-refractivity contribution in [3.05, 3.63) is 95.7 Å². The van der Waals surface area contributed by atoms with Crippen LogP contribution < -0.4 is 14.9 Å². The van der Waals surface area contributed by atoms with Crippen LogP contribution >= 0.6 is 0 Å². The first-order chi connectivity index (χ1) is 20.2. The van der Waals surface area contributed by atoms with E-state index < -0.39 is 26.6 Å². The number of anilines is 2. The van der Waals surface area contributed by atoms with Gasteiger partial charge >= 0.3 is 6.47 Å². The minimum absolute atomic E-state index is 0.0155.